The molecule has 1 saturated heterocycles. The highest BCUT2D eigenvalue weighted by Gasteiger charge is 2.21. The standard InChI is InChI=1S/C14H14N4O3S/c19-12(16-14-17-15-9-22-14)8-21-11-4-1-3-10(7-11)18-6-2-5-13(18)20/h1,3-4,7,9H,2,5-6,8H2,(H,16,17,19). The number of rotatable bonds is 5. The van der Waals surface area contributed by atoms with E-state index in [1.54, 1.807) is 23.1 Å². The zero-order valence-electron chi connectivity index (χ0n) is 11.7. The lowest BCUT2D eigenvalue weighted by molar-refractivity contribution is -0.118. The van der Waals surface area contributed by atoms with Crippen LogP contribution in [0.1, 0.15) is 12.8 Å². The molecule has 1 aromatic carbocycles. The lowest BCUT2D eigenvalue weighted by Crippen LogP contribution is -2.24. The third-order valence-corrected chi connectivity index (χ3v) is 3.79. The van der Waals surface area contributed by atoms with Gasteiger partial charge in [-0.15, -0.1) is 10.2 Å². The topological polar surface area (TPSA) is 84.4 Å². The lowest BCUT2D eigenvalue weighted by Gasteiger charge is -2.16. The van der Waals surface area contributed by atoms with Crippen molar-refractivity contribution in [1.29, 1.82) is 0 Å². The van der Waals surface area contributed by atoms with E-state index in [0.717, 1.165) is 18.7 Å². The third kappa shape index (κ3) is 3.40. The van der Waals surface area contributed by atoms with Crippen LogP contribution in [0.15, 0.2) is 29.8 Å². The Bertz CT molecular complexity index is 674. The van der Waals surface area contributed by atoms with Gasteiger partial charge in [-0.05, 0) is 18.6 Å². The van der Waals surface area contributed by atoms with E-state index in [9.17, 15) is 9.59 Å². The Labute approximate surface area is 130 Å². The SMILES string of the molecule is O=C(COc1cccc(N2CCCC2=O)c1)Nc1nncs1. The molecule has 1 aliphatic heterocycles. The van der Waals surface area contributed by atoms with Gasteiger partial charge >= 0.3 is 0 Å². The first-order valence-corrected chi connectivity index (χ1v) is 7.69. The highest BCUT2D eigenvalue weighted by atomic mass is 32.1. The van der Waals surface area contributed by atoms with E-state index in [2.05, 4.69) is 15.5 Å². The number of nitrogens with one attached hydrogen (secondary N) is 1. The maximum absolute atomic E-state index is 11.7. The number of amides is 2. The molecule has 22 heavy (non-hydrogen) atoms. The summed E-state index contributed by atoms with van der Waals surface area (Å²) in [6.07, 6.45) is 1.45. The van der Waals surface area contributed by atoms with E-state index in [-0.39, 0.29) is 18.4 Å². The zero-order valence-corrected chi connectivity index (χ0v) is 12.5. The van der Waals surface area contributed by atoms with Gasteiger partial charge in [0.15, 0.2) is 6.61 Å². The minimum atomic E-state index is -0.306. The molecular weight excluding hydrogens is 304 g/mol. The van der Waals surface area contributed by atoms with E-state index in [4.69, 9.17) is 4.74 Å². The van der Waals surface area contributed by atoms with Crippen LogP contribution >= 0.6 is 11.3 Å². The molecule has 0 bridgehead atoms. The molecule has 114 valence electrons. The van der Waals surface area contributed by atoms with Gasteiger partial charge in [0.25, 0.3) is 5.91 Å². The minimum Gasteiger partial charge on any atom is -0.484 e. The summed E-state index contributed by atoms with van der Waals surface area (Å²) in [6, 6.07) is 7.18. The van der Waals surface area contributed by atoms with Crippen molar-refractivity contribution in [3.05, 3.63) is 29.8 Å². The number of anilines is 2. The van der Waals surface area contributed by atoms with Crippen molar-refractivity contribution < 1.29 is 14.3 Å². The van der Waals surface area contributed by atoms with Crippen molar-refractivity contribution in [3.63, 3.8) is 0 Å². The molecule has 1 aromatic heterocycles. The maximum atomic E-state index is 11.7. The van der Waals surface area contributed by atoms with Gasteiger partial charge in [0.05, 0.1) is 0 Å². The molecule has 1 N–H and O–H groups in total. The smallest absolute Gasteiger partial charge is 0.264 e. The molecule has 3 rings (SSSR count). The summed E-state index contributed by atoms with van der Waals surface area (Å²) in [5, 5.41) is 10.4. The van der Waals surface area contributed by atoms with Gasteiger partial charge in [0, 0.05) is 24.7 Å². The largest absolute Gasteiger partial charge is 0.484 e. The van der Waals surface area contributed by atoms with Crippen LogP contribution in [-0.2, 0) is 9.59 Å². The summed E-state index contributed by atoms with van der Waals surface area (Å²) in [5.41, 5.74) is 2.33. The van der Waals surface area contributed by atoms with Crippen molar-refractivity contribution in [1.82, 2.24) is 10.2 Å². The molecule has 0 unspecified atom stereocenters. The van der Waals surface area contributed by atoms with Crippen LogP contribution < -0.4 is 15.0 Å². The van der Waals surface area contributed by atoms with Crippen molar-refractivity contribution >= 4 is 34.0 Å². The van der Waals surface area contributed by atoms with Crippen LogP contribution in [0.3, 0.4) is 0 Å². The number of carbonyl (C=O) groups is 2. The predicted molar refractivity (Wildman–Crippen MR) is 82.1 cm³/mol. The number of nitrogens with zero attached hydrogens (tertiary/aromatic N) is 3. The lowest BCUT2D eigenvalue weighted by atomic mass is 10.3. The van der Waals surface area contributed by atoms with Crippen LogP contribution in [0.4, 0.5) is 10.8 Å². The van der Waals surface area contributed by atoms with Crippen LogP contribution in [0.25, 0.3) is 0 Å². The first-order chi connectivity index (χ1) is 10.7. The molecule has 7 nitrogen and oxygen atoms in total. The van der Waals surface area contributed by atoms with Crippen molar-refractivity contribution in [2.24, 2.45) is 0 Å². The highest BCUT2D eigenvalue weighted by Crippen LogP contribution is 2.25. The molecule has 2 heterocycles. The molecule has 8 heteroatoms. The fraction of sp³-hybridized carbons (Fsp3) is 0.286. The molecule has 1 fully saturated rings. The van der Waals surface area contributed by atoms with E-state index in [1.807, 2.05) is 6.07 Å². The number of ether oxygens (including phenoxy) is 1. The van der Waals surface area contributed by atoms with Crippen molar-refractivity contribution in [3.8, 4) is 5.75 Å². The zero-order chi connectivity index (χ0) is 15.4. The van der Waals surface area contributed by atoms with Crippen molar-refractivity contribution in [2.75, 3.05) is 23.4 Å². The van der Waals surface area contributed by atoms with Gasteiger partial charge in [-0.3, -0.25) is 14.9 Å². The predicted octanol–water partition coefficient (Wildman–Crippen LogP) is 1.68. The molecule has 0 radical (unpaired) electrons. The van der Waals surface area contributed by atoms with Gasteiger partial charge in [-0.2, -0.15) is 0 Å². The van der Waals surface area contributed by atoms with Crippen LogP contribution in [-0.4, -0.2) is 35.2 Å². The number of carbonyl (C=O) groups excluding carboxylic acids is 2. The molecule has 1 aliphatic rings. The van der Waals surface area contributed by atoms with Gasteiger partial charge in [0.2, 0.25) is 11.0 Å². The fourth-order valence-electron chi connectivity index (χ4n) is 2.19. The summed E-state index contributed by atoms with van der Waals surface area (Å²) < 4.78 is 5.46. The van der Waals surface area contributed by atoms with Gasteiger partial charge in [-0.25, -0.2) is 0 Å². The quantitative estimate of drug-likeness (QED) is 0.906. The van der Waals surface area contributed by atoms with Crippen LogP contribution in [0, 0.1) is 0 Å². The Kier molecular flexibility index (Phi) is 4.29. The summed E-state index contributed by atoms with van der Waals surface area (Å²) in [6.45, 7) is 0.594. The molecule has 0 spiro atoms. The fourth-order valence-corrected chi connectivity index (χ4v) is 2.66. The number of aromatic nitrogens is 2. The first kappa shape index (κ1) is 14.5. The second-order valence-corrected chi connectivity index (χ2v) is 5.56. The Morgan fingerprint density at radius 2 is 2.36 bits per heavy atom. The normalized spacial score (nSPS) is 14.2. The average Bonchev–Trinajstić information content (AvgIpc) is 3.17. The minimum absolute atomic E-state index is 0.117. The highest BCUT2D eigenvalue weighted by molar-refractivity contribution is 7.13. The van der Waals surface area contributed by atoms with E-state index in [1.165, 1.54) is 16.8 Å². The summed E-state index contributed by atoms with van der Waals surface area (Å²) >= 11 is 1.24. The molecule has 0 saturated carbocycles. The first-order valence-electron chi connectivity index (χ1n) is 6.81. The van der Waals surface area contributed by atoms with Gasteiger partial charge in [0.1, 0.15) is 11.3 Å². The molecule has 0 atom stereocenters. The third-order valence-electron chi connectivity index (χ3n) is 3.18. The molecular formula is C14H14N4O3S. The van der Waals surface area contributed by atoms with Gasteiger partial charge < -0.3 is 9.64 Å². The van der Waals surface area contributed by atoms with E-state index < -0.39 is 0 Å². The Morgan fingerprint density at radius 1 is 1.45 bits per heavy atom. The van der Waals surface area contributed by atoms with E-state index in [0.29, 0.717) is 17.3 Å². The second-order valence-electron chi connectivity index (χ2n) is 4.73. The molecule has 2 aromatic rings. The maximum Gasteiger partial charge on any atom is 0.264 e. The average molecular weight is 318 g/mol. The summed E-state index contributed by atoms with van der Waals surface area (Å²) in [5.74, 6) is 0.357. The molecule has 2 amide bonds. The number of hydrogen-bond donors (Lipinski definition) is 1. The van der Waals surface area contributed by atoms with Gasteiger partial charge in [-0.1, -0.05) is 17.4 Å². The number of benzene rings is 1. The summed E-state index contributed by atoms with van der Waals surface area (Å²) in [4.78, 5) is 25.2. The van der Waals surface area contributed by atoms with Crippen LogP contribution in [0.2, 0.25) is 0 Å². The number of hydrogen-bond acceptors (Lipinski definition) is 6. The second kappa shape index (κ2) is 6.52. The van der Waals surface area contributed by atoms with Crippen molar-refractivity contribution in [2.45, 2.75) is 12.8 Å². The molecule has 0 aliphatic carbocycles. The van der Waals surface area contributed by atoms with Crippen LogP contribution in [0.5, 0.6) is 5.75 Å². The Hall–Kier alpha value is -2.48. The van der Waals surface area contributed by atoms with E-state index >= 15 is 0 Å². The Balaban J connectivity index is 1.58. The Morgan fingerprint density at radius 3 is 3.09 bits per heavy atom. The monoisotopic (exact) mass is 318 g/mol. The summed E-state index contributed by atoms with van der Waals surface area (Å²) in [7, 11) is 0.